The third kappa shape index (κ3) is 6.24. The van der Waals surface area contributed by atoms with Crippen molar-refractivity contribution in [2.24, 2.45) is 0 Å². The van der Waals surface area contributed by atoms with Gasteiger partial charge in [-0.25, -0.2) is 13.1 Å². The number of anilines is 1. The molecule has 0 fully saturated rings. The molecule has 0 aromatic heterocycles. The summed E-state index contributed by atoms with van der Waals surface area (Å²) in [5.74, 6) is 0.640. The molecule has 0 unspecified atom stereocenters. The molecule has 0 saturated carbocycles. The number of sulfonamides is 1. The quantitative estimate of drug-likeness (QED) is 0.346. The van der Waals surface area contributed by atoms with Gasteiger partial charge in [0.05, 0.1) is 24.8 Å². The first-order valence-corrected chi connectivity index (χ1v) is 12.1. The van der Waals surface area contributed by atoms with E-state index in [4.69, 9.17) is 9.47 Å². The maximum Gasteiger partial charge on any atom is 0.256 e. The molecule has 0 radical (unpaired) electrons. The van der Waals surface area contributed by atoms with E-state index in [1.54, 1.807) is 27.0 Å². The third-order valence-corrected chi connectivity index (χ3v) is 6.53. The van der Waals surface area contributed by atoms with Crippen molar-refractivity contribution in [3.63, 3.8) is 0 Å². The summed E-state index contributed by atoms with van der Waals surface area (Å²) in [4.78, 5) is 13.4. The van der Waals surface area contributed by atoms with E-state index in [0.29, 0.717) is 22.6 Å². The molecule has 1 amide bonds. The smallest absolute Gasteiger partial charge is 0.256 e. The molecule has 8 heteroatoms. The summed E-state index contributed by atoms with van der Waals surface area (Å²) in [5, 5.41) is 2.82. The minimum atomic E-state index is -3.75. The number of nitrogens with one attached hydrogen (secondary N) is 2. The Morgan fingerprint density at radius 1 is 0.912 bits per heavy atom. The van der Waals surface area contributed by atoms with E-state index < -0.39 is 15.9 Å². The molecular weight excluding hydrogens is 452 g/mol. The normalized spacial score (nSPS) is 11.9. The summed E-state index contributed by atoms with van der Waals surface area (Å²) in [7, 11) is -0.709. The van der Waals surface area contributed by atoms with Crippen LogP contribution in [0.3, 0.4) is 0 Å². The number of carbonyl (C=O) groups excluding carboxylic acids is 1. The Labute approximate surface area is 200 Å². The number of ether oxygens (including phenoxy) is 2. The van der Waals surface area contributed by atoms with Gasteiger partial charge in [-0.05, 0) is 61.4 Å². The maximum atomic E-state index is 13.4. The van der Waals surface area contributed by atoms with Gasteiger partial charge in [0.25, 0.3) is 5.91 Å². The maximum absolute atomic E-state index is 13.4. The van der Waals surface area contributed by atoms with Gasteiger partial charge in [0.1, 0.15) is 11.5 Å². The fourth-order valence-corrected chi connectivity index (χ4v) is 4.56. The minimum Gasteiger partial charge on any atom is -0.497 e. The fraction of sp³-hybridized carbons (Fsp3) is 0.192. The lowest BCUT2D eigenvalue weighted by molar-refractivity contribution is -0.111. The largest absolute Gasteiger partial charge is 0.497 e. The second-order valence-electron chi connectivity index (χ2n) is 7.79. The summed E-state index contributed by atoms with van der Waals surface area (Å²) in [6.07, 6.45) is 1.76. The van der Waals surface area contributed by atoms with E-state index in [2.05, 4.69) is 10.0 Å². The van der Waals surface area contributed by atoms with Crippen LogP contribution in [0, 0.1) is 0 Å². The molecule has 3 aromatic rings. The van der Waals surface area contributed by atoms with Crippen LogP contribution in [0.15, 0.2) is 77.7 Å². The zero-order valence-electron chi connectivity index (χ0n) is 19.5. The number of carbonyl (C=O) groups is 1. The Morgan fingerprint density at radius 2 is 1.59 bits per heavy atom. The zero-order chi connectivity index (χ0) is 24.7. The van der Waals surface area contributed by atoms with Gasteiger partial charge in [-0.15, -0.1) is 0 Å². The first-order valence-electron chi connectivity index (χ1n) is 10.7. The Bertz CT molecular complexity index is 1270. The molecule has 178 valence electrons. The van der Waals surface area contributed by atoms with Crippen LogP contribution in [-0.2, 0) is 14.8 Å². The Hall–Kier alpha value is -3.62. The first-order chi connectivity index (χ1) is 16.2. The van der Waals surface area contributed by atoms with Crippen LogP contribution in [0.1, 0.15) is 25.0 Å². The van der Waals surface area contributed by atoms with Crippen molar-refractivity contribution < 1.29 is 22.7 Å². The molecule has 0 heterocycles. The Balaban J connectivity index is 2.01. The van der Waals surface area contributed by atoms with Crippen molar-refractivity contribution in [3.05, 3.63) is 83.9 Å². The predicted molar refractivity (Wildman–Crippen MR) is 134 cm³/mol. The topological polar surface area (TPSA) is 93.7 Å². The van der Waals surface area contributed by atoms with Crippen molar-refractivity contribution in [1.82, 2.24) is 4.72 Å². The average Bonchev–Trinajstić information content (AvgIpc) is 2.82. The van der Waals surface area contributed by atoms with Gasteiger partial charge in [-0.3, -0.25) is 4.79 Å². The van der Waals surface area contributed by atoms with Gasteiger partial charge in [-0.1, -0.05) is 42.5 Å². The van der Waals surface area contributed by atoms with Gasteiger partial charge in [-0.2, -0.15) is 0 Å². The summed E-state index contributed by atoms with van der Waals surface area (Å²) in [6, 6.07) is 20.6. The highest BCUT2D eigenvalue weighted by Crippen LogP contribution is 2.30. The SMILES string of the molecule is COc1ccc(/C=C(/C(=O)Nc2cc(S(=O)(=O)NC(C)C)ccc2OC)c2ccccc2)cc1. The third-order valence-electron chi connectivity index (χ3n) is 4.88. The van der Waals surface area contributed by atoms with Crippen molar-refractivity contribution in [3.8, 4) is 11.5 Å². The van der Waals surface area contributed by atoms with Gasteiger partial charge in [0.2, 0.25) is 10.0 Å². The number of rotatable bonds is 9. The molecule has 7 nitrogen and oxygen atoms in total. The van der Waals surface area contributed by atoms with Crippen molar-refractivity contribution >= 4 is 33.3 Å². The van der Waals surface area contributed by atoms with Crippen molar-refractivity contribution in [1.29, 1.82) is 0 Å². The van der Waals surface area contributed by atoms with E-state index in [0.717, 1.165) is 5.56 Å². The van der Waals surface area contributed by atoms with Crippen molar-refractivity contribution in [2.75, 3.05) is 19.5 Å². The highest BCUT2D eigenvalue weighted by atomic mass is 32.2. The molecule has 0 bridgehead atoms. The van der Waals surface area contributed by atoms with Gasteiger partial charge < -0.3 is 14.8 Å². The van der Waals surface area contributed by atoms with Gasteiger partial charge >= 0.3 is 0 Å². The van der Waals surface area contributed by atoms with Crippen molar-refractivity contribution in [2.45, 2.75) is 24.8 Å². The predicted octanol–water partition coefficient (Wildman–Crippen LogP) is 4.57. The second kappa shape index (κ2) is 11.0. The summed E-state index contributed by atoms with van der Waals surface area (Å²) < 4.78 is 38.4. The number of hydrogen-bond acceptors (Lipinski definition) is 5. The van der Waals surface area contributed by atoms with E-state index in [9.17, 15) is 13.2 Å². The Morgan fingerprint density at radius 3 is 2.18 bits per heavy atom. The van der Waals surface area contributed by atoms with Crippen LogP contribution < -0.4 is 19.5 Å². The number of hydrogen-bond donors (Lipinski definition) is 2. The molecule has 0 aliphatic rings. The molecule has 0 spiro atoms. The Kier molecular flexibility index (Phi) is 8.09. The second-order valence-corrected chi connectivity index (χ2v) is 9.50. The lowest BCUT2D eigenvalue weighted by Gasteiger charge is -2.15. The molecule has 0 saturated heterocycles. The number of amides is 1. The van der Waals surface area contributed by atoms with Gasteiger partial charge in [0, 0.05) is 11.6 Å². The first kappa shape index (κ1) is 25.0. The van der Waals surface area contributed by atoms with Crippen LogP contribution in [-0.4, -0.2) is 34.6 Å². The average molecular weight is 481 g/mol. The molecule has 3 rings (SSSR count). The molecular formula is C26H28N2O5S. The monoisotopic (exact) mass is 480 g/mol. The van der Waals surface area contributed by atoms with Crippen LogP contribution in [0.5, 0.6) is 11.5 Å². The molecule has 3 aromatic carbocycles. The lowest BCUT2D eigenvalue weighted by Crippen LogP contribution is -2.30. The van der Waals surface area contributed by atoms with E-state index in [1.165, 1.54) is 25.3 Å². The summed E-state index contributed by atoms with van der Waals surface area (Å²) in [5.41, 5.74) is 2.16. The lowest BCUT2D eigenvalue weighted by atomic mass is 10.0. The summed E-state index contributed by atoms with van der Waals surface area (Å²) >= 11 is 0. The standard InChI is InChI=1S/C26H28N2O5S/c1-18(2)28-34(30,31)22-14-15-25(33-4)24(17-22)27-26(29)23(20-8-6-5-7-9-20)16-19-10-12-21(32-3)13-11-19/h5-18,28H,1-4H3,(H,27,29)/b23-16+. The van der Waals surface area contributed by atoms with Crippen LogP contribution in [0.25, 0.3) is 11.6 Å². The molecule has 2 N–H and O–H groups in total. The summed E-state index contributed by atoms with van der Waals surface area (Å²) in [6.45, 7) is 3.47. The molecule has 34 heavy (non-hydrogen) atoms. The minimum absolute atomic E-state index is 0.0256. The fourth-order valence-electron chi connectivity index (χ4n) is 3.28. The van der Waals surface area contributed by atoms with E-state index in [1.807, 2.05) is 54.6 Å². The zero-order valence-corrected chi connectivity index (χ0v) is 20.3. The molecule has 0 atom stereocenters. The highest BCUT2D eigenvalue weighted by Gasteiger charge is 2.20. The molecule has 0 aliphatic carbocycles. The van der Waals surface area contributed by atoms with Crippen LogP contribution in [0.2, 0.25) is 0 Å². The number of methoxy groups -OCH3 is 2. The van der Waals surface area contributed by atoms with Gasteiger partial charge in [0.15, 0.2) is 0 Å². The number of benzene rings is 3. The highest BCUT2D eigenvalue weighted by molar-refractivity contribution is 7.89. The van der Waals surface area contributed by atoms with Crippen LogP contribution in [0.4, 0.5) is 5.69 Å². The molecule has 0 aliphatic heterocycles. The van der Waals surface area contributed by atoms with E-state index >= 15 is 0 Å². The van der Waals surface area contributed by atoms with E-state index in [-0.39, 0.29) is 16.6 Å². The van der Waals surface area contributed by atoms with Crippen LogP contribution >= 0.6 is 0 Å².